The SMILES string of the molecule is CCCCCC(=O)O[C@H]1C2[C@](C)(C(OC(C)=O)[C@H](OC(C)=O)C3=C(C)[C@@H](OC(C)=O)C[C@]1(O)C3(C)C)[C@H](OC(C)=O)C[C@H]1OC[C@@]21OC(C)=O. The maximum absolute atomic E-state index is 13.9. The van der Waals surface area contributed by atoms with Gasteiger partial charge in [0.1, 0.15) is 30.0 Å². The number of ether oxygens (including phenoxy) is 7. The predicted molar refractivity (Wildman–Crippen MR) is 173 cm³/mol. The molecule has 1 saturated heterocycles. The van der Waals surface area contributed by atoms with Crippen molar-refractivity contribution in [1.29, 1.82) is 0 Å². The van der Waals surface area contributed by atoms with Gasteiger partial charge in [0.15, 0.2) is 17.8 Å². The second-order valence-corrected chi connectivity index (χ2v) is 14.9. The van der Waals surface area contributed by atoms with E-state index in [4.69, 9.17) is 33.2 Å². The van der Waals surface area contributed by atoms with Crippen molar-refractivity contribution in [2.45, 2.75) is 156 Å². The standard InChI is InChI=1S/C36H52O14/c1-11-12-13-14-27(42)49-32-30-34(10,25(46-20(4)38)15-26-35(30,17-44-26)50-23(7)41)31(48-22(6)40)29(47-21(5)39)28-18(2)24(45-19(3)37)16-36(32,43)33(28,8)9/h24-26,29-32,43H,11-17H2,1-10H3/t24-,25+,26+,29+,30?,31?,32-,34+,35-,36+/m0/s1. The van der Waals surface area contributed by atoms with E-state index in [1.807, 2.05) is 6.92 Å². The number of unbranched alkanes of at least 4 members (excludes halogenated alkanes) is 2. The highest BCUT2D eigenvalue weighted by molar-refractivity contribution is 5.71. The molecule has 2 unspecified atom stereocenters. The summed E-state index contributed by atoms with van der Waals surface area (Å²) in [5.74, 6) is -5.57. The molecule has 1 N–H and O–H groups in total. The smallest absolute Gasteiger partial charge is 0.306 e. The molecule has 2 bridgehead atoms. The van der Waals surface area contributed by atoms with Crippen LogP contribution in [0.5, 0.6) is 0 Å². The average molecular weight is 709 g/mol. The van der Waals surface area contributed by atoms with Crippen LogP contribution in [-0.2, 0) is 61.9 Å². The largest absolute Gasteiger partial charge is 0.462 e. The molecule has 1 heterocycles. The number of rotatable bonds is 10. The lowest BCUT2D eigenvalue weighted by atomic mass is 9.44. The van der Waals surface area contributed by atoms with E-state index in [-0.39, 0.29) is 31.4 Å². The molecule has 2 saturated carbocycles. The summed E-state index contributed by atoms with van der Waals surface area (Å²) in [5.41, 5.74) is -6.19. The fraction of sp³-hybridized carbons (Fsp3) is 0.778. The van der Waals surface area contributed by atoms with Crippen LogP contribution in [0.4, 0.5) is 0 Å². The van der Waals surface area contributed by atoms with Gasteiger partial charge >= 0.3 is 35.8 Å². The Hall–Kier alpha value is -3.52. The van der Waals surface area contributed by atoms with E-state index < -0.39 is 100 Å². The van der Waals surface area contributed by atoms with Crippen molar-refractivity contribution in [3.63, 3.8) is 0 Å². The van der Waals surface area contributed by atoms with Crippen molar-refractivity contribution >= 4 is 35.8 Å². The second-order valence-electron chi connectivity index (χ2n) is 14.9. The first-order valence-electron chi connectivity index (χ1n) is 17.3. The third-order valence-corrected chi connectivity index (χ3v) is 11.3. The van der Waals surface area contributed by atoms with E-state index in [9.17, 15) is 33.9 Å². The van der Waals surface area contributed by atoms with Gasteiger partial charge < -0.3 is 38.3 Å². The molecular weight excluding hydrogens is 656 g/mol. The first kappa shape index (κ1) is 39.3. The quantitative estimate of drug-likeness (QED) is 0.150. The van der Waals surface area contributed by atoms with Gasteiger partial charge in [0.25, 0.3) is 0 Å². The number of carbonyl (C=O) groups excluding carboxylic acids is 6. The third kappa shape index (κ3) is 6.65. The molecule has 0 aromatic heterocycles. The van der Waals surface area contributed by atoms with Crippen LogP contribution >= 0.6 is 0 Å². The summed E-state index contributed by atoms with van der Waals surface area (Å²) in [6, 6.07) is 0. The summed E-state index contributed by atoms with van der Waals surface area (Å²) in [5, 5.41) is 13.4. The van der Waals surface area contributed by atoms with E-state index in [1.54, 1.807) is 27.7 Å². The molecule has 3 aliphatic carbocycles. The lowest BCUT2D eigenvalue weighted by Gasteiger charge is -2.69. The topological polar surface area (TPSA) is 187 Å². The van der Waals surface area contributed by atoms with E-state index in [0.717, 1.165) is 12.8 Å². The molecule has 0 amide bonds. The van der Waals surface area contributed by atoms with Crippen LogP contribution in [0.2, 0.25) is 0 Å². The minimum absolute atomic E-state index is 0.00328. The molecule has 14 heteroatoms. The van der Waals surface area contributed by atoms with Crippen LogP contribution in [0.3, 0.4) is 0 Å². The molecule has 0 spiro atoms. The van der Waals surface area contributed by atoms with E-state index in [1.165, 1.54) is 34.6 Å². The van der Waals surface area contributed by atoms with E-state index in [2.05, 4.69) is 0 Å². The van der Waals surface area contributed by atoms with Crippen molar-refractivity contribution in [3.05, 3.63) is 11.1 Å². The fourth-order valence-electron chi connectivity index (χ4n) is 9.12. The maximum Gasteiger partial charge on any atom is 0.306 e. The van der Waals surface area contributed by atoms with Gasteiger partial charge in [-0.3, -0.25) is 28.8 Å². The van der Waals surface area contributed by atoms with Gasteiger partial charge in [-0.15, -0.1) is 0 Å². The lowest BCUT2D eigenvalue weighted by Crippen LogP contribution is -2.82. The van der Waals surface area contributed by atoms with Crippen molar-refractivity contribution < 1.29 is 67.0 Å². The van der Waals surface area contributed by atoms with Crippen molar-refractivity contribution in [3.8, 4) is 0 Å². The number of fused-ring (bicyclic) bond motifs is 5. The van der Waals surface area contributed by atoms with Gasteiger partial charge in [-0.05, 0) is 24.5 Å². The molecule has 4 rings (SSSR count). The number of carbonyl (C=O) groups is 6. The molecule has 3 fully saturated rings. The third-order valence-electron chi connectivity index (χ3n) is 11.3. The lowest BCUT2D eigenvalue weighted by molar-refractivity contribution is -0.366. The van der Waals surface area contributed by atoms with Crippen LogP contribution < -0.4 is 0 Å². The summed E-state index contributed by atoms with van der Waals surface area (Å²) < 4.78 is 42.5. The molecule has 280 valence electrons. The molecule has 10 atom stereocenters. The highest BCUT2D eigenvalue weighted by atomic mass is 16.6. The molecule has 0 aromatic rings. The van der Waals surface area contributed by atoms with Crippen molar-refractivity contribution in [1.82, 2.24) is 0 Å². The Bertz CT molecular complexity index is 1430. The first-order chi connectivity index (χ1) is 23.2. The number of hydrogen-bond acceptors (Lipinski definition) is 14. The monoisotopic (exact) mass is 708 g/mol. The van der Waals surface area contributed by atoms with Gasteiger partial charge in [-0.1, -0.05) is 40.5 Å². The first-order valence-corrected chi connectivity index (χ1v) is 17.3. The zero-order chi connectivity index (χ0) is 37.6. The van der Waals surface area contributed by atoms with Gasteiger partial charge in [0, 0.05) is 59.3 Å². The molecule has 4 aliphatic rings. The number of hydrogen-bond donors (Lipinski definition) is 1. The second kappa shape index (κ2) is 14.2. The zero-order valence-electron chi connectivity index (χ0n) is 30.7. The Balaban J connectivity index is 2.20. The molecular formula is C36H52O14. The Morgan fingerprint density at radius 1 is 0.800 bits per heavy atom. The van der Waals surface area contributed by atoms with Gasteiger partial charge in [0.05, 0.1) is 17.9 Å². The molecule has 50 heavy (non-hydrogen) atoms. The van der Waals surface area contributed by atoms with Crippen LogP contribution in [0.1, 0.15) is 108 Å². The van der Waals surface area contributed by atoms with Crippen LogP contribution in [0, 0.1) is 16.7 Å². The molecule has 1 aliphatic heterocycles. The molecule has 0 aromatic carbocycles. The Labute approximate surface area is 292 Å². The summed E-state index contributed by atoms with van der Waals surface area (Å²) in [4.78, 5) is 78.1. The average Bonchev–Trinajstić information content (AvgIpc) is 2.96. The fourth-order valence-corrected chi connectivity index (χ4v) is 9.12. The number of aliphatic hydroxyl groups is 1. The highest BCUT2D eigenvalue weighted by Gasteiger charge is 2.79. The van der Waals surface area contributed by atoms with Gasteiger partial charge in [-0.25, -0.2) is 0 Å². The van der Waals surface area contributed by atoms with Crippen LogP contribution in [0.25, 0.3) is 0 Å². The minimum atomic E-state index is -2.13. The maximum atomic E-state index is 13.9. The van der Waals surface area contributed by atoms with Crippen molar-refractivity contribution in [2.24, 2.45) is 16.7 Å². The normalized spacial score (nSPS) is 36.9. The van der Waals surface area contributed by atoms with Crippen LogP contribution in [0.15, 0.2) is 11.1 Å². The molecule has 14 nitrogen and oxygen atoms in total. The number of esters is 6. The van der Waals surface area contributed by atoms with E-state index >= 15 is 0 Å². The Kier molecular flexibility index (Phi) is 11.2. The Morgan fingerprint density at radius 3 is 1.90 bits per heavy atom. The zero-order valence-corrected chi connectivity index (χ0v) is 30.7. The highest BCUT2D eigenvalue weighted by Crippen LogP contribution is 2.66. The minimum Gasteiger partial charge on any atom is -0.462 e. The summed E-state index contributed by atoms with van der Waals surface area (Å²) in [6.07, 6.45) is -5.96. The summed E-state index contributed by atoms with van der Waals surface area (Å²) in [6.45, 7) is 14.4. The molecule has 0 radical (unpaired) electrons. The predicted octanol–water partition coefficient (Wildman–Crippen LogP) is 3.42. The van der Waals surface area contributed by atoms with Crippen LogP contribution in [-0.4, -0.2) is 95.4 Å². The van der Waals surface area contributed by atoms with E-state index in [0.29, 0.717) is 12.0 Å². The van der Waals surface area contributed by atoms with Crippen molar-refractivity contribution in [2.75, 3.05) is 6.61 Å². The van der Waals surface area contributed by atoms with Gasteiger partial charge in [-0.2, -0.15) is 0 Å². The summed E-state index contributed by atoms with van der Waals surface area (Å²) in [7, 11) is 0. The Morgan fingerprint density at radius 2 is 1.40 bits per heavy atom. The van der Waals surface area contributed by atoms with Gasteiger partial charge in [0.2, 0.25) is 0 Å². The summed E-state index contributed by atoms with van der Waals surface area (Å²) >= 11 is 0.